The number of carbonyl (C=O) groups excluding carboxylic acids is 1. The molecule has 6 rings (SSSR count). The summed E-state index contributed by atoms with van der Waals surface area (Å²) in [4.78, 5) is 13.6. The molecule has 1 fully saturated rings. The van der Waals surface area contributed by atoms with E-state index < -0.39 is 11.3 Å². The SMILES string of the molecule is CC1(C)CC(=O)C2=C(C1)Nc1n[nH]c(C3CC(F)(F)C3)c1[C@@]21CCc2cc(F)ccc21. The number of carbonyl (C=O) groups is 1. The maximum absolute atomic E-state index is 14.0. The third kappa shape index (κ3) is 2.55. The maximum Gasteiger partial charge on any atom is 0.249 e. The summed E-state index contributed by atoms with van der Waals surface area (Å²) in [5.41, 5.74) is 3.93. The third-order valence-corrected chi connectivity index (χ3v) is 7.59. The molecule has 1 aromatic heterocycles. The molecule has 1 spiro atoms. The number of alkyl halides is 2. The van der Waals surface area contributed by atoms with E-state index in [2.05, 4.69) is 29.4 Å². The van der Waals surface area contributed by atoms with Crippen LogP contribution in [0.3, 0.4) is 0 Å². The molecule has 2 heterocycles. The lowest BCUT2D eigenvalue weighted by atomic mass is 9.60. The predicted molar refractivity (Wildman–Crippen MR) is 110 cm³/mol. The van der Waals surface area contributed by atoms with Crippen molar-refractivity contribution < 1.29 is 18.0 Å². The molecular formula is C24H24F3N3O. The van der Waals surface area contributed by atoms with Crippen LogP contribution in [0.5, 0.6) is 0 Å². The number of aryl methyl sites for hydroxylation is 1. The first kappa shape index (κ1) is 19.1. The number of H-pyrrole nitrogens is 1. The van der Waals surface area contributed by atoms with E-state index in [1.807, 2.05) is 0 Å². The Morgan fingerprint density at radius 2 is 1.94 bits per heavy atom. The highest BCUT2D eigenvalue weighted by Crippen LogP contribution is 2.60. The van der Waals surface area contributed by atoms with E-state index in [4.69, 9.17) is 0 Å². The maximum atomic E-state index is 14.0. The molecule has 2 aromatic rings. The fraction of sp³-hybridized carbons (Fsp3) is 0.500. The number of Topliss-reactive ketones (excluding diaryl/α,β-unsaturated/α-hetero) is 1. The van der Waals surface area contributed by atoms with Crippen LogP contribution < -0.4 is 5.32 Å². The molecule has 1 saturated carbocycles. The van der Waals surface area contributed by atoms with Crippen LogP contribution in [-0.4, -0.2) is 21.9 Å². The smallest absolute Gasteiger partial charge is 0.249 e. The predicted octanol–water partition coefficient (Wildman–Crippen LogP) is 5.36. The Kier molecular flexibility index (Phi) is 3.59. The highest BCUT2D eigenvalue weighted by molar-refractivity contribution is 6.03. The number of nitrogens with one attached hydrogen (secondary N) is 2. The number of fused-ring (bicyclic) bond motifs is 5. The molecule has 0 radical (unpaired) electrons. The molecule has 4 nitrogen and oxygen atoms in total. The number of nitrogens with zero attached hydrogens (tertiary/aromatic N) is 1. The number of aromatic amines is 1. The van der Waals surface area contributed by atoms with Crippen LogP contribution >= 0.6 is 0 Å². The van der Waals surface area contributed by atoms with Gasteiger partial charge in [0, 0.05) is 47.7 Å². The molecule has 0 saturated heterocycles. The van der Waals surface area contributed by atoms with Crippen LogP contribution in [0.25, 0.3) is 0 Å². The van der Waals surface area contributed by atoms with Gasteiger partial charge >= 0.3 is 0 Å². The van der Waals surface area contributed by atoms with E-state index in [0.717, 1.165) is 28.0 Å². The zero-order chi connectivity index (χ0) is 21.8. The highest BCUT2D eigenvalue weighted by atomic mass is 19.3. The number of allylic oxidation sites excluding steroid dienone is 2. The second kappa shape index (κ2) is 5.81. The van der Waals surface area contributed by atoms with Crippen molar-refractivity contribution in [2.24, 2.45) is 5.41 Å². The molecule has 1 aliphatic heterocycles. The van der Waals surface area contributed by atoms with Gasteiger partial charge < -0.3 is 5.32 Å². The van der Waals surface area contributed by atoms with Crippen molar-refractivity contribution in [2.75, 3.05) is 5.32 Å². The lowest BCUT2D eigenvalue weighted by molar-refractivity contribution is -0.118. The van der Waals surface area contributed by atoms with Gasteiger partial charge in [-0.1, -0.05) is 19.9 Å². The molecule has 0 bridgehead atoms. The molecule has 3 aliphatic carbocycles. The van der Waals surface area contributed by atoms with Gasteiger partial charge in [0.1, 0.15) is 5.82 Å². The number of hydrogen-bond acceptors (Lipinski definition) is 3. The minimum Gasteiger partial charge on any atom is -0.342 e. The fourth-order valence-electron chi connectivity index (χ4n) is 6.39. The first-order valence-electron chi connectivity index (χ1n) is 10.9. The van der Waals surface area contributed by atoms with Gasteiger partial charge in [-0.25, -0.2) is 13.2 Å². The second-order valence-corrected chi connectivity index (χ2v) is 10.4. The van der Waals surface area contributed by atoms with Crippen LogP contribution in [0, 0.1) is 11.2 Å². The van der Waals surface area contributed by atoms with Crippen molar-refractivity contribution in [1.29, 1.82) is 0 Å². The summed E-state index contributed by atoms with van der Waals surface area (Å²) in [6.45, 7) is 4.14. The van der Waals surface area contributed by atoms with Crippen LogP contribution in [0.15, 0.2) is 29.5 Å². The minimum atomic E-state index is -2.66. The van der Waals surface area contributed by atoms with Crippen molar-refractivity contribution in [3.63, 3.8) is 0 Å². The van der Waals surface area contributed by atoms with E-state index in [-0.39, 0.29) is 35.8 Å². The summed E-state index contributed by atoms with van der Waals surface area (Å²) in [6, 6.07) is 4.75. The van der Waals surface area contributed by atoms with E-state index in [9.17, 15) is 18.0 Å². The number of benzene rings is 1. The number of hydrogen-bond donors (Lipinski definition) is 2. The molecule has 7 heteroatoms. The summed E-state index contributed by atoms with van der Waals surface area (Å²) in [7, 11) is 0. The average Bonchev–Trinajstić information content (AvgIpc) is 3.21. The van der Waals surface area contributed by atoms with Crippen molar-refractivity contribution >= 4 is 11.6 Å². The van der Waals surface area contributed by atoms with Crippen molar-refractivity contribution in [1.82, 2.24) is 10.2 Å². The Morgan fingerprint density at radius 1 is 1.16 bits per heavy atom. The molecule has 1 atom stereocenters. The van der Waals surface area contributed by atoms with Gasteiger partial charge in [-0.3, -0.25) is 9.89 Å². The first-order valence-corrected chi connectivity index (χ1v) is 10.9. The molecular weight excluding hydrogens is 403 g/mol. The number of anilines is 1. The standard InChI is InChI=1S/C24H24F3N3O/c1-22(2)10-16-18(17(31)11-22)24(6-5-12-7-14(25)3-4-15(12)24)19-20(29-30-21(19)28-16)13-8-23(26,27)9-13/h3-4,7,13H,5-6,8-11H2,1-2H3,(H2,28,29,30)/t24-/m1/s1. The molecule has 162 valence electrons. The molecule has 0 unspecified atom stereocenters. The van der Waals surface area contributed by atoms with E-state index in [1.165, 1.54) is 6.07 Å². The largest absolute Gasteiger partial charge is 0.342 e. The monoisotopic (exact) mass is 427 g/mol. The molecule has 31 heavy (non-hydrogen) atoms. The van der Waals surface area contributed by atoms with Gasteiger partial charge in [0.25, 0.3) is 0 Å². The number of ketones is 1. The lowest BCUT2D eigenvalue weighted by Gasteiger charge is -2.45. The van der Waals surface area contributed by atoms with Gasteiger partial charge in [-0.15, -0.1) is 0 Å². The summed E-state index contributed by atoms with van der Waals surface area (Å²) in [5.74, 6) is -2.60. The Morgan fingerprint density at radius 3 is 2.68 bits per heavy atom. The Balaban J connectivity index is 1.61. The third-order valence-electron chi connectivity index (χ3n) is 7.59. The Bertz CT molecular complexity index is 1170. The summed E-state index contributed by atoms with van der Waals surface area (Å²) < 4.78 is 41.5. The molecule has 2 N–H and O–H groups in total. The Hall–Kier alpha value is -2.57. The van der Waals surface area contributed by atoms with Gasteiger partial charge in [-0.2, -0.15) is 5.10 Å². The fourth-order valence-corrected chi connectivity index (χ4v) is 6.39. The summed E-state index contributed by atoms with van der Waals surface area (Å²) in [6.07, 6.45) is 1.93. The van der Waals surface area contributed by atoms with E-state index in [1.54, 1.807) is 12.1 Å². The minimum absolute atomic E-state index is 0.0765. The Labute approximate surface area is 178 Å². The van der Waals surface area contributed by atoms with Gasteiger partial charge in [0.2, 0.25) is 5.92 Å². The van der Waals surface area contributed by atoms with Crippen LogP contribution in [0.2, 0.25) is 0 Å². The van der Waals surface area contributed by atoms with Gasteiger partial charge in [-0.05, 0) is 47.9 Å². The second-order valence-electron chi connectivity index (χ2n) is 10.4. The summed E-state index contributed by atoms with van der Waals surface area (Å²) in [5, 5.41) is 10.9. The topological polar surface area (TPSA) is 57.8 Å². The quantitative estimate of drug-likeness (QED) is 0.644. The lowest BCUT2D eigenvalue weighted by Crippen LogP contribution is -2.44. The number of aromatic nitrogens is 2. The average molecular weight is 427 g/mol. The number of halogens is 3. The molecule has 0 amide bonds. The van der Waals surface area contributed by atoms with Crippen molar-refractivity contribution in [3.05, 3.63) is 57.7 Å². The molecule has 1 aromatic carbocycles. The zero-order valence-electron chi connectivity index (χ0n) is 17.5. The van der Waals surface area contributed by atoms with Gasteiger partial charge in [0.15, 0.2) is 11.6 Å². The normalized spacial score (nSPS) is 28.1. The highest BCUT2D eigenvalue weighted by Gasteiger charge is 2.57. The first-order chi connectivity index (χ1) is 14.6. The number of rotatable bonds is 1. The van der Waals surface area contributed by atoms with Crippen LogP contribution in [-0.2, 0) is 16.6 Å². The van der Waals surface area contributed by atoms with E-state index in [0.29, 0.717) is 37.2 Å². The van der Waals surface area contributed by atoms with Crippen LogP contribution in [0.1, 0.15) is 74.3 Å². The summed E-state index contributed by atoms with van der Waals surface area (Å²) >= 11 is 0. The van der Waals surface area contributed by atoms with Crippen molar-refractivity contribution in [2.45, 2.75) is 69.6 Å². The zero-order valence-corrected chi connectivity index (χ0v) is 17.5. The van der Waals surface area contributed by atoms with Crippen molar-refractivity contribution in [3.8, 4) is 0 Å². The van der Waals surface area contributed by atoms with Crippen LogP contribution in [0.4, 0.5) is 19.0 Å². The van der Waals surface area contributed by atoms with E-state index >= 15 is 0 Å². The van der Waals surface area contributed by atoms with Gasteiger partial charge in [0.05, 0.1) is 5.41 Å². The molecule has 4 aliphatic rings.